The van der Waals surface area contributed by atoms with Gasteiger partial charge in [0.25, 0.3) is 5.88 Å². The molecule has 0 aliphatic rings. The van der Waals surface area contributed by atoms with E-state index in [1.54, 1.807) is 13.8 Å². The van der Waals surface area contributed by atoms with Crippen LogP contribution < -0.4 is 4.74 Å². The van der Waals surface area contributed by atoms with Crippen LogP contribution in [0, 0.1) is 19.7 Å². The van der Waals surface area contributed by atoms with Crippen molar-refractivity contribution in [1.29, 1.82) is 0 Å². The van der Waals surface area contributed by atoms with Crippen LogP contribution in [0.15, 0.2) is 24.4 Å². The van der Waals surface area contributed by atoms with Crippen molar-refractivity contribution < 1.29 is 18.7 Å². The van der Waals surface area contributed by atoms with Crippen LogP contribution in [-0.2, 0) is 4.74 Å². The zero-order valence-corrected chi connectivity index (χ0v) is 11.3. The summed E-state index contributed by atoms with van der Waals surface area (Å²) < 4.78 is 23.3. The molecule has 0 N–H and O–H groups in total. The van der Waals surface area contributed by atoms with Crippen LogP contribution in [0.1, 0.15) is 21.5 Å². The molecular formula is C14H13FN2O3. The van der Waals surface area contributed by atoms with Gasteiger partial charge in [-0.25, -0.2) is 9.18 Å². The topological polar surface area (TPSA) is 61.3 Å². The van der Waals surface area contributed by atoms with Crippen LogP contribution in [0.2, 0.25) is 0 Å². The predicted molar refractivity (Wildman–Crippen MR) is 69.3 cm³/mol. The van der Waals surface area contributed by atoms with Gasteiger partial charge in [-0.3, -0.25) is 0 Å². The van der Waals surface area contributed by atoms with Gasteiger partial charge >= 0.3 is 5.97 Å². The molecule has 1 aromatic carbocycles. The lowest BCUT2D eigenvalue weighted by Crippen LogP contribution is -2.09. The number of carbonyl (C=O) groups excluding carboxylic acids is 1. The number of rotatable bonds is 3. The summed E-state index contributed by atoms with van der Waals surface area (Å²) in [6.07, 6.45) is 1.44. The van der Waals surface area contributed by atoms with Gasteiger partial charge in [0.1, 0.15) is 17.1 Å². The summed E-state index contributed by atoms with van der Waals surface area (Å²) in [5.74, 6) is -0.492. The molecule has 0 fully saturated rings. The molecular weight excluding hydrogens is 263 g/mol. The lowest BCUT2D eigenvalue weighted by Gasteiger charge is -2.11. The van der Waals surface area contributed by atoms with Crippen molar-refractivity contribution in [1.82, 2.24) is 10.2 Å². The van der Waals surface area contributed by atoms with E-state index >= 15 is 0 Å². The zero-order valence-electron chi connectivity index (χ0n) is 11.3. The van der Waals surface area contributed by atoms with Gasteiger partial charge in [-0.2, -0.15) is 5.10 Å². The summed E-state index contributed by atoms with van der Waals surface area (Å²) in [5.41, 5.74) is 1.37. The number of aryl methyl sites for hydroxylation is 2. The summed E-state index contributed by atoms with van der Waals surface area (Å²) in [5, 5.41) is 7.55. The molecule has 0 amide bonds. The van der Waals surface area contributed by atoms with Crippen LogP contribution in [-0.4, -0.2) is 23.3 Å². The number of aromatic nitrogens is 2. The Hall–Kier alpha value is -2.50. The Balaban J connectivity index is 2.43. The maximum absolute atomic E-state index is 13.1. The lowest BCUT2D eigenvalue weighted by atomic mass is 10.2. The van der Waals surface area contributed by atoms with Crippen molar-refractivity contribution in [3.05, 3.63) is 46.9 Å². The average Bonchev–Trinajstić information content (AvgIpc) is 2.41. The molecule has 0 aliphatic heterocycles. The summed E-state index contributed by atoms with van der Waals surface area (Å²) in [6.45, 7) is 3.39. The quantitative estimate of drug-likeness (QED) is 0.807. The molecule has 5 nitrogen and oxygen atoms in total. The average molecular weight is 276 g/mol. The highest BCUT2D eigenvalue weighted by Crippen LogP contribution is 2.27. The van der Waals surface area contributed by atoms with Gasteiger partial charge in [0.15, 0.2) is 0 Å². The van der Waals surface area contributed by atoms with Crippen molar-refractivity contribution in [3.63, 3.8) is 0 Å². The molecule has 104 valence electrons. The Bertz CT molecular complexity index is 659. The van der Waals surface area contributed by atoms with Crippen LogP contribution in [0.25, 0.3) is 0 Å². The first-order valence-electron chi connectivity index (χ1n) is 5.87. The van der Waals surface area contributed by atoms with Crippen molar-refractivity contribution in [2.45, 2.75) is 13.8 Å². The third-order valence-electron chi connectivity index (χ3n) is 2.74. The second kappa shape index (κ2) is 5.64. The molecule has 0 aliphatic carbocycles. The molecule has 1 heterocycles. The summed E-state index contributed by atoms with van der Waals surface area (Å²) >= 11 is 0. The van der Waals surface area contributed by atoms with Crippen molar-refractivity contribution in [3.8, 4) is 11.6 Å². The molecule has 2 aromatic rings. The van der Waals surface area contributed by atoms with Crippen LogP contribution in [0.5, 0.6) is 11.6 Å². The van der Waals surface area contributed by atoms with Crippen molar-refractivity contribution in [2.75, 3.05) is 7.11 Å². The molecule has 0 spiro atoms. The van der Waals surface area contributed by atoms with Crippen molar-refractivity contribution in [2.24, 2.45) is 0 Å². The van der Waals surface area contributed by atoms with E-state index in [0.717, 1.165) is 0 Å². The first-order chi connectivity index (χ1) is 9.52. The normalized spacial score (nSPS) is 10.2. The third-order valence-corrected chi connectivity index (χ3v) is 2.74. The fraction of sp³-hybridized carbons (Fsp3) is 0.214. The van der Waals surface area contributed by atoms with Gasteiger partial charge < -0.3 is 9.47 Å². The number of ether oxygens (including phenoxy) is 2. The molecule has 1 aromatic heterocycles. The number of hydrogen-bond donors (Lipinski definition) is 0. The van der Waals surface area contributed by atoms with Crippen LogP contribution in [0.4, 0.5) is 4.39 Å². The largest absolute Gasteiger partial charge is 0.465 e. The van der Waals surface area contributed by atoms with E-state index in [2.05, 4.69) is 10.2 Å². The maximum atomic E-state index is 13.1. The minimum Gasteiger partial charge on any atom is -0.465 e. The first-order valence-corrected chi connectivity index (χ1v) is 5.87. The van der Waals surface area contributed by atoms with Gasteiger partial charge in [-0.05, 0) is 43.2 Å². The number of carbonyl (C=O) groups is 1. The van der Waals surface area contributed by atoms with Crippen LogP contribution >= 0.6 is 0 Å². The minimum absolute atomic E-state index is 0.0339. The predicted octanol–water partition coefficient (Wildman–Crippen LogP) is 2.81. The van der Waals surface area contributed by atoms with E-state index in [1.165, 1.54) is 31.5 Å². The first kappa shape index (κ1) is 13.9. The lowest BCUT2D eigenvalue weighted by molar-refractivity contribution is 0.0595. The third kappa shape index (κ3) is 2.74. The van der Waals surface area contributed by atoms with E-state index in [1.807, 2.05) is 0 Å². The Morgan fingerprint density at radius 1 is 1.25 bits per heavy atom. The molecule has 0 radical (unpaired) electrons. The van der Waals surface area contributed by atoms with Crippen LogP contribution in [0.3, 0.4) is 0 Å². The van der Waals surface area contributed by atoms with Crippen molar-refractivity contribution >= 4 is 5.97 Å². The minimum atomic E-state index is -0.563. The Kier molecular flexibility index (Phi) is 3.93. The number of esters is 1. The van der Waals surface area contributed by atoms with Gasteiger partial charge in [-0.1, -0.05) is 0 Å². The van der Waals surface area contributed by atoms with E-state index in [9.17, 15) is 9.18 Å². The highest BCUT2D eigenvalue weighted by molar-refractivity contribution is 5.93. The monoisotopic (exact) mass is 276 g/mol. The Morgan fingerprint density at radius 3 is 2.65 bits per heavy atom. The van der Waals surface area contributed by atoms with Gasteiger partial charge in [0, 0.05) is 0 Å². The van der Waals surface area contributed by atoms with E-state index < -0.39 is 5.97 Å². The number of benzene rings is 1. The Labute approximate surface area is 115 Å². The highest BCUT2D eigenvalue weighted by Gasteiger charge is 2.19. The standard InChI is InChI=1S/C14H13FN2O3/c1-8-6-10(15)4-5-11(8)20-13-12(14(18)19-3)9(2)7-16-17-13/h4-7H,1-3H3. The van der Waals surface area contributed by atoms with Gasteiger partial charge in [0.05, 0.1) is 13.3 Å². The van der Waals surface area contributed by atoms with E-state index in [-0.39, 0.29) is 17.3 Å². The fourth-order valence-corrected chi connectivity index (χ4v) is 1.70. The zero-order chi connectivity index (χ0) is 14.7. The second-order valence-corrected chi connectivity index (χ2v) is 4.21. The molecule has 6 heteroatoms. The summed E-state index contributed by atoms with van der Waals surface area (Å²) in [6, 6.07) is 4.06. The highest BCUT2D eigenvalue weighted by atomic mass is 19.1. The number of halogens is 1. The summed E-state index contributed by atoms with van der Waals surface area (Å²) in [7, 11) is 1.27. The Morgan fingerprint density at radius 2 is 2.00 bits per heavy atom. The number of hydrogen-bond acceptors (Lipinski definition) is 5. The SMILES string of the molecule is COC(=O)c1c(C)cnnc1Oc1ccc(F)cc1C. The van der Waals surface area contributed by atoms with Gasteiger partial charge in [-0.15, -0.1) is 5.10 Å². The fourth-order valence-electron chi connectivity index (χ4n) is 1.70. The molecule has 0 atom stereocenters. The number of nitrogens with zero attached hydrogens (tertiary/aromatic N) is 2. The smallest absolute Gasteiger partial charge is 0.343 e. The summed E-state index contributed by atoms with van der Waals surface area (Å²) in [4.78, 5) is 11.8. The maximum Gasteiger partial charge on any atom is 0.343 e. The molecule has 20 heavy (non-hydrogen) atoms. The van der Waals surface area contributed by atoms with E-state index in [0.29, 0.717) is 16.9 Å². The molecule has 0 bridgehead atoms. The molecule has 0 saturated heterocycles. The van der Waals surface area contributed by atoms with E-state index in [4.69, 9.17) is 9.47 Å². The molecule has 0 unspecified atom stereocenters. The van der Waals surface area contributed by atoms with Gasteiger partial charge in [0.2, 0.25) is 0 Å². The second-order valence-electron chi connectivity index (χ2n) is 4.21. The number of methoxy groups -OCH3 is 1. The molecule has 0 saturated carbocycles. The molecule has 2 rings (SSSR count).